The van der Waals surface area contributed by atoms with Gasteiger partial charge in [0.1, 0.15) is 0 Å². The van der Waals surface area contributed by atoms with Gasteiger partial charge in [0.25, 0.3) is 0 Å². The van der Waals surface area contributed by atoms with Gasteiger partial charge >= 0.3 is 0 Å². The minimum Gasteiger partial charge on any atom is -0.411 e. The van der Waals surface area contributed by atoms with Gasteiger partial charge in [0.15, 0.2) is 5.49 Å². The number of benzene rings is 1. The average Bonchev–Trinajstić information content (AvgIpc) is 3.02. The van der Waals surface area contributed by atoms with Gasteiger partial charge in [-0.25, -0.2) is 0 Å². The third-order valence-corrected chi connectivity index (χ3v) is 3.25. The second-order valence-corrected chi connectivity index (χ2v) is 4.46. The van der Waals surface area contributed by atoms with E-state index in [0.29, 0.717) is 12.0 Å². The first kappa shape index (κ1) is 11.6. The first-order valence-corrected chi connectivity index (χ1v) is 6.24. The molecule has 2 heterocycles. The van der Waals surface area contributed by atoms with Crippen LogP contribution < -0.4 is 5.49 Å². The van der Waals surface area contributed by atoms with E-state index >= 15 is 0 Å². The van der Waals surface area contributed by atoms with E-state index in [2.05, 4.69) is 9.56 Å². The van der Waals surface area contributed by atoms with Crippen LogP contribution in [0.2, 0.25) is 0 Å². The Morgan fingerprint density at radius 2 is 1.84 bits per heavy atom. The first-order valence-electron chi connectivity index (χ1n) is 6.24. The van der Waals surface area contributed by atoms with Crippen molar-refractivity contribution in [2.24, 2.45) is 12.0 Å². The van der Waals surface area contributed by atoms with E-state index in [4.69, 9.17) is 0 Å². The Bertz CT molecular complexity index is 749. The van der Waals surface area contributed by atoms with E-state index in [9.17, 15) is 5.21 Å². The van der Waals surface area contributed by atoms with E-state index in [0.717, 1.165) is 22.3 Å². The minimum absolute atomic E-state index is 0.602. The molecular formula is C14H16N4O. The number of nitrogens with zero attached hydrogens (tertiary/aromatic N) is 4. The Morgan fingerprint density at radius 3 is 2.63 bits per heavy atom. The topological polar surface area (TPSA) is 47.4 Å². The third kappa shape index (κ3) is 2.03. The fourth-order valence-corrected chi connectivity index (χ4v) is 2.24. The zero-order valence-electron chi connectivity index (χ0n) is 10.8. The lowest BCUT2D eigenvalue weighted by molar-refractivity contribution is 0.109. The van der Waals surface area contributed by atoms with Gasteiger partial charge in [0, 0.05) is 31.4 Å². The summed E-state index contributed by atoms with van der Waals surface area (Å²) >= 11 is 0. The van der Waals surface area contributed by atoms with Crippen LogP contribution in [0.5, 0.6) is 0 Å². The molecule has 0 atom stereocenters. The molecule has 5 heteroatoms. The Hall–Kier alpha value is -2.43. The van der Waals surface area contributed by atoms with E-state index in [1.165, 1.54) is 0 Å². The maximum Gasteiger partial charge on any atom is 0.192 e. The largest absolute Gasteiger partial charge is 0.411 e. The van der Waals surface area contributed by atoms with Crippen LogP contribution >= 0.6 is 0 Å². The van der Waals surface area contributed by atoms with Gasteiger partial charge < -0.3 is 9.77 Å². The van der Waals surface area contributed by atoms with Crippen molar-refractivity contribution in [2.75, 3.05) is 6.54 Å². The molecule has 0 saturated heterocycles. The summed E-state index contributed by atoms with van der Waals surface area (Å²) in [5.74, 6) is 0. The molecule has 0 radical (unpaired) electrons. The average molecular weight is 256 g/mol. The number of hydrogen-bond donors (Lipinski definition) is 1. The summed E-state index contributed by atoms with van der Waals surface area (Å²) in [5, 5.41) is 11.0. The molecule has 0 fully saturated rings. The van der Waals surface area contributed by atoms with E-state index in [1.807, 2.05) is 55.8 Å². The highest BCUT2D eigenvalue weighted by molar-refractivity contribution is 5.78. The van der Waals surface area contributed by atoms with Crippen molar-refractivity contribution in [3.8, 4) is 0 Å². The highest BCUT2D eigenvalue weighted by atomic mass is 16.5. The quantitative estimate of drug-likeness (QED) is 0.711. The van der Waals surface area contributed by atoms with Crippen molar-refractivity contribution >= 4 is 10.9 Å². The van der Waals surface area contributed by atoms with Gasteiger partial charge in [-0.1, -0.05) is 12.1 Å². The van der Waals surface area contributed by atoms with Crippen LogP contribution in [0.4, 0.5) is 0 Å². The normalized spacial score (nSPS) is 12.4. The van der Waals surface area contributed by atoms with Crippen LogP contribution in [-0.2, 0) is 13.6 Å². The van der Waals surface area contributed by atoms with Gasteiger partial charge in [-0.3, -0.25) is 9.67 Å². The summed E-state index contributed by atoms with van der Waals surface area (Å²) in [6, 6.07) is 11.8. The van der Waals surface area contributed by atoms with Crippen LogP contribution in [0.15, 0.2) is 53.8 Å². The fraction of sp³-hybridized carbons (Fsp3) is 0.214. The fourth-order valence-electron chi connectivity index (χ4n) is 2.24. The Morgan fingerprint density at radius 1 is 1.11 bits per heavy atom. The maximum atomic E-state index is 10.1. The van der Waals surface area contributed by atoms with Gasteiger partial charge in [0.05, 0.1) is 12.1 Å². The highest BCUT2D eigenvalue weighted by Gasteiger charge is 2.06. The molecule has 0 aliphatic heterocycles. The van der Waals surface area contributed by atoms with Gasteiger partial charge in [-0.15, -0.1) is 4.85 Å². The van der Waals surface area contributed by atoms with E-state index in [1.54, 1.807) is 4.68 Å². The number of para-hydroxylation sites is 1. The van der Waals surface area contributed by atoms with Gasteiger partial charge in [-0.2, -0.15) is 0 Å². The third-order valence-electron chi connectivity index (χ3n) is 3.25. The molecule has 0 amide bonds. The van der Waals surface area contributed by atoms with Crippen LogP contribution in [-0.4, -0.2) is 25.8 Å². The molecule has 19 heavy (non-hydrogen) atoms. The van der Waals surface area contributed by atoms with Gasteiger partial charge in [-0.05, 0) is 24.3 Å². The second-order valence-electron chi connectivity index (χ2n) is 4.46. The number of aromatic nitrogens is 3. The lowest BCUT2D eigenvalue weighted by Crippen LogP contribution is -2.21. The molecule has 0 aliphatic carbocycles. The summed E-state index contributed by atoms with van der Waals surface area (Å²) in [4.78, 5) is 5.60. The standard InChI is InChI=1S/C14H16N4O/c1-16-13-7-3-2-6-12(13)14(18(16)19)15-8-11-17-9-4-5-10-17/h2-7,9-10,19H,8,11H2,1H3. The molecule has 2 aromatic heterocycles. The number of hydrogen-bond acceptors (Lipinski definition) is 2. The van der Waals surface area contributed by atoms with Crippen molar-refractivity contribution in [3.05, 3.63) is 54.3 Å². The lowest BCUT2D eigenvalue weighted by Gasteiger charge is -1.99. The zero-order chi connectivity index (χ0) is 13.2. The minimum atomic E-state index is 0.602. The summed E-state index contributed by atoms with van der Waals surface area (Å²) in [6.07, 6.45) is 4.01. The summed E-state index contributed by atoms with van der Waals surface area (Å²) in [6.45, 7) is 1.43. The van der Waals surface area contributed by atoms with Crippen LogP contribution in [0.3, 0.4) is 0 Å². The van der Waals surface area contributed by atoms with Crippen molar-refractivity contribution in [3.63, 3.8) is 0 Å². The van der Waals surface area contributed by atoms with Crippen molar-refractivity contribution in [1.29, 1.82) is 0 Å². The molecule has 3 aromatic rings. The molecule has 1 aromatic carbocycles. The molecule has 3 rings (SSSR count). The Balaban J connectivity index is 1.98. The Labute approximate surface area is 110 Å². The predicted molar refractivity (Wildman–Crippen MR) is 73.0 cm³/mol. The molecule has 0 spiro atoms. The van der Waals surface area contributed by atoms with Crippen molar-refractivity contribution in [2.45, 2.75) is 6.54 Å². The predicted octanol–water partition coefficient (Wildman–Crippen LogP) is 1.62. The zero-order valence-corrected chi connectivity index (χ0v) is 10.8. The van der Waals surface area contributed by atoms with Crippen molar-refractivity contribution < 1.29 is 5.21 Å². The van der Waals surface area contributed by atoms with Crippen molar-refractivity contribution in [1.82, 2.24) is 14.1 Å². The second kappa shape index (κ2) is 4.68. The van der Waals surface area contributed by atoms with E-state index in [-0.39, 0.29) is 0 Å². The number of rotatable bonds is 3. The summed E-state index contributed by atoms with van der Waals surface area (Å²) < 4.78 is 3.75. The molecule has 1 N–H and O–H groups in total. The lowest BCUT2D eigenvalue weighted by atomic mass is 10.2. The summed E-state index contributed by atoms with van der Waals surface area (Å²) in [7, 11) is 1.81. The monoisotopic (exact) mass is 256 g/mol. The smallest absolute Gasteiger partial charge is 0.192 e. The SMILES string of the molecule is Cn1c2ccccc2c(=NCCn2cccc2)n1O. The highest BCUT2D eigenvalue weighted by Crippen LogP contribution is 2.08. The number of fused-ring (bicyclic) bond motifs is 1. The first-order chi connectivity index (χ1) is 9.27. The number of aryl methyl sites for hydroxylation is 1. The van der Waals surface area contributed by atoms with Crippen LogP contribution in [0, 0.1) is 0 Å². The van der Waals surface area contributed by atoms with Gasteiger partial charge in [0.2, 0.25) is 0 Å². The Kier molecular flexibility index (Phi) is 2.87. The molecule has 0 bridgehead atoms. The maximum absolute atomic E-state index is 10.1. The molecule has 98 valence electrons. The van der Waals surface area contributed by atoms with Crippen LogP contribution in [0.1, 0.15) is 0 Å². The molecule has 0 unspecified atom stereocenters. The molecule has 0 aliphatic rings. The molecule has 0 saturated carbocycles. The van der Waals surface area contributed by atoms with Crippen LogP contribution in [0.25, 0.3) is 10.9 Å². The molecule has 5 nitrogen and oxygen atoms in total. The summed E-state index contributed by atoms with van der Waals surface area (Å²) in [5.41, 5.74) is 1.56. The van der Waals surface area contributed by atoms with E-state index < -0.39 is 0 Å². The molecular weight excluding hydrogens is 240 g/mol.